The van der Waals surface area contributed by atoms with Crippen LogP contribution in [0.4, 0.5) is 5.69 Å². The summed E-state index contributed by atoms with van der Waals surface area (Å²) in [6.45, 7) is 0.452. The fourth-order valence-electron chi connectivity index (χ4n) is 2.53. The van der Waals surface area contributed by atoms with Crippen LogP contribution in [0.5, 0.6) is 0 Å². The highest BCUT2D eigenvalue weighted by Crippen LogP contribution is 2.22. The third kappa shape index (κ3) is 5.22. The largest absolute Gasteiger partial charge is 0.466 e. The van der Waals surface area contributed by atoms with Crippen LogP contribution in [-0.2, 0) is 22.4 Å². The SMILES string of the molecule is COC(=O)C=CCNc1cccc(C#N)c1CCc1ccc(C#N)cc1. The van der Waals surface area contributed by atoms with E-state index in [9.17, 15) is 10.1 Å². The molecule has 0 amide bonds. The molecule has 0 spiro atoms. The van der Waals surface area contributed by atoms with Crippen LogP contribution in [0.2, 0.25) is 0 Å². The smallest absolute Gasteiger partial charge is 0.330 e. The highest BCUT2D eigenvalue weighted by Gasteiger charge is 2.08. The van der Waals surface area contributed by atoms with Crippen LogP contribution in [0.25, 0.3) is 0 Å². The fourth-order valence-corrected chi connectivity index (χ4v) is 2.53. The normalized spacial score (nSPS) is 10.1. The molecule has 26 heavy (non-hydrogen) atoms. The van der Waals surface area contributed by atoms with E-state index in [4.69, 9.17) is 5.26 Å². The van der Waals surface area contributed by atoms with Gasteiger partial charge in [-0.25, -0.2) is 4.79 Å². The van der Waals surface area contributed by atoms with Gasteiger partial charge in [0.1, 0.15) is 0 Å². The van der Waals surface area contributed by atoms with E-state index >= 15 is 0 Å². The van der Waals surface area contributed by atoms with Crippen LogP contribution in [0, 0.1) is 22.7 Å². The van der Waals surface area contributed by atoms with Crippen molar-refractivity contribution in [2.45, 2.75) is 12.8 Å². The number of benzene rings is 2. The number of anilines is 1. The Labute approximate surface area is 153 Å². The van der Waals surface area contributed by atoms with Crippen molar-refractivity contribution in [3.05, 3.63) is 76.9 Å². The zero-order valence-electron chi connectivity index (χ0n) is 14.5. The van der Waals surface area contributed by atoms with Crippen molar-refractivity contribution >= 4 is 11.7 Å². The number of hydrogen-bond acceptors (Lipinski definition) is 5. The molecule has 2 aromatic rings. The summed E-state index contributed by atoms with van der Waals surface area (Å²) >= 11 is 0. The Balaban J connectivity index is 2.10. The molecule has 0 atom stereocenters. The van der Waals surface area contributed by atoms with Crippen molar-refractivity contribution in [3.8, 4) is 12.1 Å². The molecule has 0 aliphatic carbocycles. The summed E-state index contributed by atoms with van der Waals surface area (Å²) in [6.07, 6.45) is 4.49. The van der Waals surface area contributed by atoms with Gasteiger partial charge in [0.2, 0.25) is 0 Å². The summed E-state index contributed by atoms with van der Waals surface area (Å²) in [5.74, 6) is -0.404. The van der Waals surface area contributed by atoms with Gasteiger partial charge in [-0.1, -0.05) is 24.3 Å². The predicted octanol–water partition coefficient (Wildman–Crippen LogP) is 3.36. The minimum Gasteiger partial charge on any atom is -0.466 e. The summed E-state index contributed by atoms with van der Waals surface area (Å²) in [5.41, 5.74) is 4.16. The lowest BCUT2D eigenvalue weighted by Gasteiger charge is -2.12. The van der Waals surface area contributed by atoms with Crippen LogP contribution in [0.15, 0.2) is 54.6 Å². The summed E-state index contributed by atoms with van der Waals surface area (Å²) in [5, 5.41) is 21.5. The Morgan fingerprint density at radius 2 is 1.88 bits per heavy atom. The quantitative estimate of drug-likeness (QED) is 0.614. The molecule has 0 aromatic heterocycles. The van der Waals surface area contributed by atoms with Gasteiger partial charge in [-0.2, -0.15) is 10.5 Å². The second-order valence-electron chi connectivity index (χ2n) is 5.56. The number of nitrogens with zero attached hydrogens (tertiary/aromatic N) is 2. The standard InChI is InChI=1S/C21H19N3O2/c1-26-21(25)6-3-13-24-20-5-2-4-18(15-23)19(20)12-11-16-7-9-17(14-22)10-8-16/h2-10,24H,11-13H2,1H3. The Morgan fingerprint density at radius 3 is 2.54 bits per heavy atom. The first kappa shape index (κ1) is 18.8. The van der Waals surface area contributed by atoms with E-state index in [-0.39, 0.29) is 0 Å². The van der Waals surface area contributed by atoms with E-state index in [1.165, 1.54) is 13.2 Å². The first-order chi connectivity index (χ1) is 12.7. The van der Waals surface area contributed by atoms with Crippen molar-refractivity contribution in [3.63, 3.8) is 0 Å². The van der Waals surface area contributed by atoms with Gasteiger partial charge in [0.05, 0.1) is 30.4 Å². The van der Waals surface area contributed by atoms with E-state index in [0.29, 0.717) is 24.1 Å². The molecule has 0 saturated carbocycles. The number of esters is 1. The van der Waals surface area contributed by atoms with Crippen molar-refractivity contribution in [2.75, 3.05) is 19.0 Å². The molecule has 0 fully saturated rings. The number of carbonyl (C=O) groups excluding carboxylic acids is 1. The highest BCUT2D eigenvalue weighted by molar-refractivity contribution is 5.81. The maximum absolute atomic E-state index is 11.1. The molecule has 0 bridgehead atoms. The molecular weight excluding hydrogens is 326 g/mol. The molecule has 1 N–H and O–H groups in total. The fraction of sp³-hybridized carbons (Fsp3) is 0.190. The molecule has 5 heteroatoms. The number of methoxy groups -OCH3 is 1. The van der Waals surface area contributed by atoms with Crippen LogP contribution in [0.1, 0.15) is 22.3 Å². The minimum absolute atomic E-state index is 0.404. The molecule has 0 saturated heterocycles. The molecule has 0 aliphatic heterocycles. The molecule has 0 aliphatic rings. The summed E-state index contributed by atoms with van der Waals surface area (Å²) in [4.78, 5) is 11.1. The average molecular weight is 345 g/mol. The summed E-state index contributed by atoms with van der Waals surface area (Å²) in [6, 6.07) is 17.3. The topological polar surface area (TPSA) is 85.9 Å². The Morgan fingerprint density at radius 1 is 1.12 bits per heavy atom. The monoisotopic (exact) mass is 345 g/mol. The summed E-state index contributed by atoms with van der Waals surface area (Å²) < 4.78 is 4.55. The Hall–Kier alpha value is -3.57. The van der Waals surface area contributed by atoms with Gasteiger partial charge >= 0.3 is 5.97 Å². The second-order valence-corrected chi connectivity index (χ2v) is 5.56. The number of hydrogen-bond donors (Lipinski definition) is 1. The van der Waals surface area contributed by atoms with Crippen LogP contribution < -0.4 is 5.32 Å². The number of nitrogens with one attached hydrogen (secondary N) is 1. The first-order valence-electron chi connectivity index (χ1n) is 8.17. The second kappa shape index (κ2) is 9.66. The van der Waals surface area contributed by atoms with E-state index in [1.807, 2.05) is 24.3 Å². The third-order valence-electron chi connectivity index (χ3n) is 3.91. The lowest BCUT2D eigenvalue weighted by atomic mass is 9.98. The van der Waals surface area contributed by atoms with E-state index in [2.05, 4.69) is 22.2 Å². The Kier molecular flexibility index (Phi) is 6.97. The number of rotatable bonds is 7. The number of ether oxygens (including phenoxy) is 1. The number of carbonyl (C=O) groups is 1. The lowest BCUT2D eigenvalue weighted by Crippen LogP contribution is -2.06. The van der Waals surface area contributed by atoms with Crippen molar-refractivity contribution < 1.29 is 9.53 Å². The minimum atomic E-state index is -0.404. The first-order valence-corrected chi connectivity index (χ1v) is 8.17. The predicted molar refractivity (Wildman–Crippen MR) is 99.4 cm³/mol. The van der Waals surface area contributed by atoms with Gasteiger partial charge in [0, 0.05) is 18.3 Å². The van der Waals surface area contributed by atoms with Gasteiger partial charge < -0.3 is 10.1 Å². The van der Waals surface area contributed by atoms with E-state index in [1.54, 1.807) is 24.3 Å². The molecule has 0 heterocycles. The van der Waals surface area contributed by atoms with Crippen molar-refractivity contribution in [1.82, 2.24) is 0 Å². The molecule has 130 valence electrons. The van der Waals surface area contributed by atoms with Gasteiger partial charge in [-0.3, -0.25) is 0 Å². The third-order valence-corrected chi connectivity index (χ3v) is 3.91. The molecule has 0 radical (unpaired) electrons. The molecule has 2 aromatic carbocycles. The maximum Gasteiger partial charge on any atom is 0.330 e. The molecule has 5 nitrogen and oxygen atoms in total. The van der Waals surface area contributed by atoms with Gasteiger partial charge in [0.25, 0.3) is 0 Å². The van der Waals surface area contributed by atoms with Gasteiger partial charge in [0.15, 0.2) is 0 Å². The zero-order valence-corrected chi connectivity index (χ0v) is 14.5. The maximum atomic E-state index is 11.1. The van der Waals surface area contributed by atoms with Crippen molar-refractivity contribution in [2.24, 2.45) is 0 Å². The molecule has 0 unspecified atom stereocenters. The molecular formula is C21H19N3O2. The van der Waals surface area contributed by atoms with Crippen LogP contribution >= 0.6 is 0 Å². The highest BCUT2D eigenvalue weighted by atomic mass is 16.5. The molecule has 2 rings (SSSR count). The van der Waals surface area contributed by atoms with E-state index < -0.39 is 5.97 Å². The zero-order chi connectivity index (χ0) is 18.8. The average Bonchev–Trinajstić information content (AvgIpc) is 2.69. The van der Waals surface area contributed by atoms with Gasteiger partial charge in [-0.15, -0.1) is 0 Å². The van der Waals surface area contributed by atoms with Crippen LogP contribution in [-0.4, -0.2) is 19.6 Å². The van der Waals surface area contributed by atoms with Crippen molar-refractivity contribution in [1.29, 1.82) is 10.5 Å². The number of aryl methyl sites for hydroxylation is 1. The number of nitriles is 2. The summed E-state index contributed by atoms with van der Waals surface area (Å²) in [7, 11) is 1.33. The van der Waals surface area contributed by atoms with Gasteiger partial charge in [-0.05, 0) is 48.2 Å². The van der Waals surface area contributed by atoms with E-state index in [0.717, 1.165) is 23.2 Å². The Bertz CT molecular complexity index is 872. The van der Waals surface area contributed by atoms with Crippen LogP contribution in [0.3, 0.4) is 0 Å². The lowest BCUT2D eigenvalue weighted by molar-refractivity contribution is -0.134.